The Morgan fingerprint density at radius 1 is 1.50 bits per heavy atom. The van der Waals surface area contributed by atoms with Gasteiger partial charge in [-0.25, -0.2) is 9.37 Å². The van der Waals surface area contributed by atoms with Crippen LogP contribution in [0.5, 0.6) is 0 Å². The molecule has 0 aliphatic heterocycles. The van der Waals surface area contributed by atoms with Gasteiger partial charge in [0.1, 0.15) is 11.6 Å². The second kappa shape index (κ2) is 5.29. The van der Waals surface area contributed by atoms with Gasteiger partial charge in [-0.15, -0.1) is 0 Å². The maximum Gasteiger partial charge on any atom is 0.255 e. The van der Waals surface area contributed by atoms with E-state index in [0.717, 1.165) is 0 Å². The molecule has 0 saturated carbocycles. The molecule has 0 saturated heterocycles. The Morgan fingerprint density at radius 2 is 2.28 bits per heavy atom. The normalized spacial score (nSPS) is 10.6. The molecule has 2 N–H and O–H groups in total. The molecule has 0 radical (unpaired) electrons. The lowest BCUT2D eigenvalue weighted by molar-refractivity contribution is 0.628. The van der Waals surface area contributed by atoms with E-state index in [9.17, 15) is 9.18 Å². The first kappa shape index (κ1) is 12.7. The third-order valence-corrected chi connectivity index (χ3v) is 2.72. The molecule has 0 unspecified atom stereocenters. The van der Waals surface area contributed by atoms with Crippen molar-refractivity contribution in [3.8, 4) is 11.4 Å². The van der Waals surface area contributed by atoms with Crippen molar-refractivity contribution in [3.05, 3.63) is 51.2 Å². The Balaban J connectivity index is 2.42. The molecule has 0 fully saturated rings. The molecule has 1 aromatic heterocycles. The SMILES string of the molecule is CNCc1cnc(-c2ccc(F)c(Cl)c2)[nH]c1=O. The molecule has 1 heterocycles. The van der Waals surface area contributed by atoms with Crippen LogP contribution in [0, 0.1) is 5.82 Å². The lowest BCUT2D eigenvalue weighted by Crippen LogP contribution is -2.19. The zero-order valence-electron chi connectivity index (χ0n) is 9.63. The molecule has 2 aromatic rings. The minimum Gasteiger partial charge on any atom is -0.315 e. The summed E-state index contributed by atoms with van der Waals surface area (Å²) in [5.41, 5.74) is 0.874. The van der Waals surface area contributed by atoms with Crippen molar-refractivity contribution in [1.82, 2.24) is 15.3 Å². The summed E-state index contributed by atoms with van der Waals surface area (Å²) in [5.74, 6) is -0.142. The number of rotatable bonds is 3. The van der Waals surface area contributed by atoms with Gasteiger partial charge in [0.05, 0.1) is 5.02 Å². The highest BCUT2D eigenvalue weighted by Gasteiger charge is 2.07. The minimum atomic E-state index is -0.505. The largest absolute Gasteiger partial charge is 0.315 e. The maximum absolute atomic E-state index is 13.0. The zero-order valence-corrected chi connectivity index (χ0v) is 10.4. The monoisotopic (exact) mass is 267 g/mol. The van der Waals surface area contributed by atoms with E-state index in [2.05, 4.69) is 15.3 Å². The second-order valence-electron chi connectivity index (χ2n) is 3.75. The number of H-pyrrole nitrogens is 1. The predicted molar refractivity (Wildman–Crippen MR) is 68.0 cm³/mol. The fraction of sp³-hybridized carbons (Fsp3) is 0.167. The molecule has 0 spiro atoms. The van der Waals surface area contributed by atoms with Gasteiger partial charge in [0.15, 0.2) is 0 Å². The van der Waals surface area contributed by atoms with Crippen molar-refractivity contribution in [3.63, 3.8) is 0 Å². The summed E-state index contributed by atoms with van der Waals surface area (Å²) >= 11 is 5.68. The van der Waals surface area contributed by atoms with E-state index in [1.165, 1.54) is 24.4 Å². The lowest BCUT2D eigenvalue weighted by atomic mass is 10.2. The smallest absolute Gasteiger partial charge is 0.255 e. The fourth-order valence-corrected chi connectivity index (χ4v) is 1.71. The van der Waals surface area contributed by atoms with Gasteiger partial charge in [0.25, 0.3) is 5.56 Å². The Hall–Kier alpha value is -1.72. The maximum atomic E-state index is 13.0. The summed E-state index contributed by atoms with van der Waals surface area (Å²) in [6.45, 7) is 0.437. The summed E-state index contributed by atoms with van der Waals surface area (Å²) in [6, 6.07) is 4.17. The highest BCUT2D eigenvalue weighted by Crippen LogP contribution is 2.21. The van der Waals surface area contributed by atoms with Gasteiger partial charge in [-0.3, -0.25) is 4.79 Å². The van der Waals surface area contributed by atoms with Crippen molar-refractivity contribution in [1.29, 1.82) is 0 Å². The van der Waals surface area contributed by atoms with Crippen LogP contribution >= 0.6 is 11.6 Å². The molecule has 0 aliphatic carbocycles. The molecule has 18 heavy (non-hydrogen) atoms. The van der Waals surface area contributed by atoms with Crippen LogP contribution in [0.2, 0.25) is 5.02 Å². The molecule has 2 rings (SSSR count). The van der Waals surface area contributed by atoms with Crippen LogP contribution in [0.1, 0.15) is 5.56 Å². The number of halogens is 2. The number of aromatic amines is 1. The van der Waals surface area contributed by atoms with Crippen molar-refractivity contribution in [2.75, 3.05) is 7.05 Å². The van der Waals surface area contributed by atoms with Crippen molar-refractivity contribution in [2.24, 2.45) is 0 Å². The van der Waals surface area contributed by atoms with E-state index < -0.39 is 5.82 Å². The molecule has 1 aromatic carbocycles. The van der Waals surface area contributed by atoms with E-state index in [-0.39, 0.29) is 10.6 Å². The molecule has 0 atom stereocenters. The third-order valence-electron chi connectivity index (χ3n) is 2.43. The first-order chi connectivity index (χ1) is 8.61. The van der Waals surface area contributed by atoms with Gasteiger partial charge < -0.3 is 10.3 Å². The molecule has 0 amide bonds. The summed E-state index contributed by atoms with van der Waals surface area (Å²) < 4.78 is 13.0. The first-order valence-electron chi connectivity index (χ1n) is 5.30. The topological polar surface area (TPSA) is 57.8 Å². The van der Waals surface area contributed by atoms with E-state index >= 15 is 0 Å². The van der Waals surface area contributed by atoms with Crippen LogP contribution < -0.4 is 10.9 Å². The number of aromatic nitrogens is 2. The number of hydrogen-bond acceptors (Lipinski definition) is 3. The summed E-state index contributed by atoms with van der Waals surface area (Å²) in [7, 11) is 1.74. The van der Waals surface area contributed by atoms with Crippen LogP contribution in [-0.2, 0) is 6.54 Å². The van der Waals surface area contributed by atoms with Crippen LogP contribution in [-0.4, -0.2) is 17.0 Å². The minimum absolute atomic E-state index is 0.00514. The fourth-order valence-electron chi connectivity index (χ4n) is 1.53. The molecule has 4 nitrogen and oxygen atoms in total. The molecule has 0 bridgehead atoms. The zero-order chi connectivity index (χ0) is 13.1. The second-order valence-corrected chi connectivity index (χ2v) is 4.15. The predicted octanol–water partition coefficient (Wildman–Crippen LogP) is 1.95. The average molecular weight is 268 g/mol. The van der Waals surface area contributed by atoms with E-state index in [0.29, 0.717) is 23.5 Å². The number of nitrogens with zero attached hydrogens (tertiary/aromatic N) is 1. The Bertz CT molecular complexity index is 627. The molecule has 6 heteroatoms. The highest BCUT2D eigenvalue weighted by molar-refractivity contribution is 6.31. The van der Waals surface area contributed by atoms with Gasteiger partial charge in [0.2, 0.25) is 0 Å². The van der Waals surface area contributed by atoms with Crippen LogP contribution in [0.25, 0.3) is 11.4 Å². The van der Waals surface area contributed by atoms with Crippen LogP contribution in [0.4, 0.5) is 4.39 Å². The van der Waals surface area contributed by atoms with Gasteiger partial charge in [0, 0.05) is 23.9 Å². The summed E-state index contributed by atoms with van der Waals surface area (Å²) in [5, 5.41) is 2.86. The van der Waals surface area contributed by atoms with Crippen molar-refractivity contribution >= 4 is 11.6 Å². The quantitative estimate of drug-likeness (QED) is 0.894. The van der Waals surface area contributed by atoms with E-state index in [4.69, 9.17) is 11.6 Å². The van der Waals surface area contributed by atoms with Crippen molar-refractivity contribution < 1.29 is 4.39 Å². The van der Waals surface area contributed by atoms with Crippen molar-refractivity contribution in [2.45, 2.75) is 6.54 Å². The first-order valence-corrected chi connectivity index (χ1v) is 5.68. The molecule has 94 valence electrons. The molecule has 0 aliphatic rings. The van der Waals surface area contributed by atoms with Crippen LogP contribution in [0.3, 0.4) is 0 Å². The number of hydrogen-bond donors (Lipinski definition) is 2. The summed E-state index contributed by atoms with van der Waals surface area (Å²) in [4.78, 5) is 18.5. The van der Waals surface area contributed by atoms with Gasteiger partial charge in [-0.05, 0) is 25.2 Å². The standard InChI is InChI=1S/C12H11ClFN3O/c1-15-5-8-6-16-11(17-12(8)18)7-2-3-10(14)9(13)4-7/h2-4,6,15H,5H2,1H3,(H,16,17,18). The molecular weight excluding hydrogens is 257 g/mol. The molecular formula is C12H11ClFN3O. The number of nitrogens with one attached hydrogen (secondary N) is 2. The average Bonchev–Trinajstić information content (AvgIpc) is 2.35. The van der Waals surface area contributed by atoms with Gasteiger partial charge in [-0.2, -0.15) is 0 Å². The number of benzene rings is 1. The highest BCUT2D eigenvalue weighted by atomic mass is 35.5. The van der Waals surface area contributed by atoms with Crippen LogP contribution in [0.15, 0.2) is 29.2 Å². The Morgan fingerprint density at radius 3 is 2.89 bits per heavy atom. The van der Waals surface area contributed by atoms with E-state index in [1.807, 2.05) is 0 Å². The third kappa shape index (κ3) is 2.57. The Kier molecular flexibility index (Phi) is 3.74. The lowest BCUT2D eigenvalue weighted by Gasteiger charge is -2.04. The van der Waals surface area contributed by atoms with E-state index in [1.54, 1.807) is 7.05 Å². The Labute approximate surface area is 108 Å². The summed E-state index contributed by atoms with van der Waals surface area (Å²) in [6.07, 6.45) is 1.49. The van der Waals surface area contributed by atoms with Gasteiger partial charge in [-0.1, -0.05) is 11.6 Å². The van der Waals surface area contributed by atoms with Gasteiger partial charge >= 0.3 is 0 Å².